The van der Waals surface area contributed by atoms with E-state index < -0.39 is 0 Å². The first-order valence-electron chi connectivity index (χ1n) is 6.77. The number of amides is 1. The van der Waals surface area contributed by atoms with E-state index in [4.69, 9.17) is 5.73 Å². The van der Waals surface area contributed by atoms with Crippen molar-refractivity contribution in [1.29, 1.82) is 0 Å². The van der Waals surface area contributed by atoms with Crippen LogP contribution in [0.15, 0.2) is 48.5 Å². The molecule has 0 aromatic heterocycles. The first kappa shape index (κ1) is 14.3. The number of hydrogen-bond donors (Lipinski definition) is 2. The molecule has 0 aliphatic rings. The molecule has 2 aromatic carbocycles. The molecule has 3 heteroatoms. The maximum absolute atomic E-state index is 12.2. The topological polar surface area (TPSA) is 55.1 Å². The highest BCUT2D eigenvalue weighted by molar-refractivity contribution is 5.94. The predicted molar refractivity (Wildman–Crippen MR) is 81.4 cm³/mol. The summed E-state index contributed by atoms with van der Waals surface area (Å²) in [4.78, 5) is 12.2. The van der Waals surface area contributed by atoms with Gasteiger partial charge in [0.1, 0.15) is 0 Å². The van der Waals surface area contributed by atoms with E-state index in [-0.39, 0.29) is 11.9 Å². The van der Waals surface area contributed by atoms with Gasteiger partial charge in [-0.1, -0.05) is 36.4 Å². The number of carbonyl (C=O) groups excluding carboxylic acids is 1. The number of carbonyl (C=O) groups is 1. The Labute approximate surface area is 119 Å². The fourth-order valence-electron chi connectivity index (χ4n) is 2.22. The molecule has 20 heavy (non-hydrogen) atoms. The van der Waals surface area contributed by atoms with E-state index in [1.165, 1.54) is 5.56 Å². The van der Waals surface area contributed by atoms with Crippen molar-refractivity contribution in [2.75, 3.05) is 0 Å². The number of hydrogen-bond acceptors (Lipinski definition) is 2. The zero-order valence-electron chi connectivity index (χ0n) is 11.9. The summed E-state index contributed by atoms with van der Waals surface area (Å²) in [7, 11) is 0. The normalized spacial score (nSPS) is 11.9. The Balaban J connectivity index is 2.09. The zero-order valence-corrected chi connectivity index (χ0v) is 11.9. The molecule has 104 valence electrons. The third-order valence-electron chi connectivity index (χ3n) is 3.45. The average molecular weight is 268 g/mol. The van der Waals surface area contributed by atoms with Gasteiger partial charge in [-0.3, -0.25) is 4.79 Å². The molecule has 0 radical (unpaired) electrons. The highest BCUT2D eigenvalue weighted by Gasteiger charge is 2.12. The lowest BCUT2D eigenvalue weighted by Crippen LogP contribution is -2.27. The molecular weight excluding hydrogens is 248 g/mol. The van der Waals surface area contributed by atoms with E-state index in [0.717, 1.165) is 11.1 Å². The van der Waals surface area contributed by atoms with Crippen molar-refractivity contribution < 1.29 is 4.79 Å². The summed E-state index contributed by atoms with van der Waals surface area (Å²) in [5.74, 6) is -0.0654. The molecule has 0 aliphatic carbocycles. The van der Waals surface area contributed by atoms with Gasteiger partial charge in [0.15, 0.2) is 0 Å². The Bertz CT molecular complexity index is 590. The van der Waals surface area contributed by atoms with Crippen LogP contribution < -0.4 is 11.1 Å². The second-order valence-corrected chi connectivity index (χ2v) is 4.95. The Morgan fingerprint density at radius 3 is 2.40 bits per heavy atom. The molecule has 0 spiro atoms. The summed E-state index contributed by atoms with van der Waals surface area (Å²) in [6.07, 6.45) is 0. The Morgan fingerprint density at radius 1 is 1.15 bits per heavy atom. The molecule has 0 fully saturated rings. The SMILES string of the molecule is Cc1ccccc1[C@@H](C)NC(=O)c1ccc(CN)cc1. The molecule has 0 aliphatic heterocycles. The van der Waals surface area contributed by atoms with E-state index in [2.05, 4.69) is 5.32 Å². The van der Waals surface area contributed by atoms with E-state index in [1.807, 2.05) is 62.4 Å². The first-order valence-corrected chi connectivity index (χ1v) is 6.77. The van der Waals surface area contributed by atoms with Crippen molar-refractivity contribution >= 4 is 5.91 Å². The molecule has 2 rings (SSSR count). The minimum atomic E-state index is -0.0654. The van der Waals surface area contributed by atoms with Crippen LogP contribution in [0.4, 0.5) is 0 Å². The molecule has 0 saturated heterocycles. The van der Waals surface area contributed by atoms with Crippen LogP contribution in [-0.4, -0.2) is 5.91 Å². The minimum absolute atomic E-state index is 0.0158. The molecule has 0 bridgehead atoms. The molecule has 0 saturated carbocycles. The molecule has 1 atom stereocenters. The first-order chi connectivity index (χ1) is 9.61. The number of benzene rings is 2. The fraction of sp³-hybridized carbons (Fsp3) is 0.235. The zero-order chi connectivity index (χ0) is 14.5. The van der Waals surface area contributed by atoms with Crippen LogP contribution >= 0.6 is 0 Å². The van der Waals surface area contributed by atoms with Crippen LogP contribution in [0.5, 0.6) is 0 Å². The lowest BCUT2D eigenvalue weighted by molar-refractivity contribution is 0.0940. The molecule has 0 heterocycles. The van der Waals surface area contributed by atoms with Gasteiger partial charge in [-0.2, -0.15) is 0 Å². The monoisotopic (exact) mass is 268 g/mol. The van der Waals surface area contributed by atoms with Crippen LogP contribution in [0.2, 0.25) is 0 Å². The van der Waals surface area contributed by atoms with Gasteiger partial charge in [0.25, 0.3) is 5.91 Å². The third kappa shape index (κ3) is 3.25. The van der Waals surface area contributed by atoms with Crippen molar-refractivity contribution in [3.63, 3.8) is 0 Å². The number of nitrogens with one attached hydrogen (secondary N) is 1. The molecule has 0 unspecified atom stereocenters. The average Bonchev–Trinajstić information content (AvgIpc) is 2.47. The summed E-state index contributed by atoms with van der Waals surface area (Å²) in [5, 5.41) is 3.02. The summed E-state index contributed by atoms with van der Waals surface area (Å²) in [5.41, 5.74) is 9.54. The van der Waals surface area contributed by atoms with Crippen molar-refractivity contribution in [2.45, 2.75) is 26.4 Å². The van der Waals surface area contributed by atoms with Crippen LogP contribution in [0.1, 0.15) is 40.0 Å². The van der Waals surface area contributed by atoms with E-state index in [1.54, 1.807) is 0 Å². The summed E-state index contributed by atoms with van der Waals surface area (Å²) in [6, 6.07) is 15.4. The van der Waals surface area contributed by atoms with Crippen molar-refractivity contribution in [1.82, 2.24) is 5.32 Å². The van der Waals surface area contributed by atoms with Gasteiger partial charge in [-0.15, -0.1) is 0 Å². The van der Waals surface area contributed by atoms with E-state index in [0.29, 0.717) is 12.1 Å². The maximum Gasteiger partial charge on any atom is 0.251 e. The van der Waals surface area contributed by atoms with Crippen LogP contribution in [0.25, 0.3) is 0 Å². The number of aryl methyl sites for hydroxylation is 1. The minimum Gasteiger partial charge on any atom is -0.346 e. The smallest absolute Gasteiger partial charge is 0.251 e. The largest absolute Gasteiger partial charge is 0.346 e. The van der Waals surface area contributed by atoms with E-state index >= 15 is 0 Å². The quantitative estimate of drug-likeness (QED) is 0.895. The van der Waals surface area contributed by atoms with Crippen molar-refractivity contribution in [2.24, 2.45) is 5.73 Å². The van der Waals surface area contributed by atoms with Crippen LogP contribution in [0, 0.1) is 6.92 Å². The lowest BCUT2D eigenvalue weighted by Gasteiger charge is -2.16. The third-order valence-corrected chi connectivity index (χ3v) is 3.45. The standard InChI is InChI=1S/C17H20N2O/c1-12-5-3-4-6-16(12)13(2)19-17(20)15-9-7-14(11-18)8-10-15/h3-10,13H,11,18H2,1-2H3,(H,19,20)/t13-/m1/s1. The Morgan fingerprint density at radius 2 is 1.80 bits per heavy atom. The van der Waals surface area contributed by atoms with E-state index in [9.17, 15) is 4.79 Å². The predicted octanol–water partition coefficient (Wildman–Crippen LogP) is 2.94. The fourth-order valence-corrected chi connectivity index (χ4v) is 2.22. The Kier molecular flexibility index (Phi) is 4.53. The van der Waals surface area contributed by atoms with Crippen molar-refractivity contribution in [3.8, 4) is 0 Å². The molecular formula is C17H20N2O. The van der Waals surface area contributed by atoms with Crippen molar-refractivity contribution in [3.05, 3.63) is 70.8 Å². The number of rotatable bonds is 4. The highest BCUT2D eigenvalue weighted by Crippen LogP contribution is 2.17. The second-order valence-electron chi connectivity index (χ2n) is 4.95. The van der Waals surface area contributed by atoms with Gasteiger partial charge < -0.3 is 11.1 Å². The van der Waals surface area contributed by atoms with Gasteiger partial charge in [0.05, 0.1) is 6.04 Å². The summed E-state index contributed by atoms with van der Waals surface area (Å²) < 4.78 is 0. The summed E-state index contributed by atoms with van der Waals surface area (Å²) >= 11 is 0. The molecule has 2 aromatic rings. The van der Waals surface area contributed by atoms with Crippen LogP contribution in [0.3, 0.4) is 0 Å². The van der Waals surface area contributed by atoms with Gasteiger partial charge >= 0.3 is 0 Å². The van der Waals surface area contributed by atoms with Crippen LogP contribution in [-0.2, 0) is 6.54 Å². The molecule has 3 nitrogen and oxygen atoms in total. The van der Waals surface area contributed by atoms with Gasteiger partial charge in [0, 0.05) is 12.1 Å². The Hall–Kier alpha value is -2.13. The maximum atomic E-state index is 12.2. The lowest BCUT2D eigenvalue weighted by atomic mass is 10.0. The second kappa shape index (κ2) is 6.35. The van der Waals surface area contributed by atoms with Gasteiger partial charge in [-0.25, -0.2) is 0 Å². The summed E-state index contributed by atoms with van der Waals surface area (Å²) in [6.45, 7) is 4.53. The van der Waals surface area contributed by atoms with Gasteiger partial charge in [-0.05, 0) is 42.7 Å². The molecule has 3 N–H and O–H groups in total. The van der Waals surface area contributed by atoms with Gasteiger partial charge in [0.2, 0.25) is 0 Å². The number of nitrogens with two attached hydrogens (primary N) is 1. The molecule has 1 amide bonds. The highest BCUT2D eigenvalue weighted by atomic mass is 16.1.